The number of piperidine rings is 1. The van der Waals surface area contributed by atoms with Gasteiger partial charge in [0.2, 0.25) is 0 Å². The summed E-state index contributed by atoms with van der Waals surface area (Å²) in [6.07, 6.45) is 3.64. The molecule has 1 saturated heterocycles. The molecular weight excluding hydrogens is 304 g/mol. The van der Waals surface area contributed by atoms with Crippen molar-refractivity contribution in [2.45, 2.75) is 46.2 Å². The Morgan fingerprint density at radius 3 is 2.92 bits per heavy atom. The first-order valence-electron chi connectivity index (χ1n) is 8.42. The minimum absolute atomic E-state index is 0.00501. The number of nitrogens with one attached hydrogen (secondary N) is 1. The maximum absolute atomic E-state index is 12.7. The Morgan fingerprint density at radius 2 is 2.21 bits per heavy atom. The highest BCUT2D eigenvalue weighted by Gasteiger charge is 2.32. The molecule has 1 N–H and O–H groups in total. The number of aryl methyl sites for hydroxylation is 2. The standard InChI is InChI=1S/C18H24N4O2/c1-12-7-9-22(16(10-12)17-5-4-13(2)24-17)18(23)20-11-15-6-8-19-14(3)21-15/h4-6,8,12,16H,7,9-11H2,1-3H3,(H,20,23)/t12-,16+/m1/s1. The van der Waals surface area contributed by atoms with Crippen LogP contribution in [-0.4, -0.2) is 27.4 Å². The highest BCUT2D eigenvalue weighted by molar-refractivity contribution is 5.74. The number of likely N-dealkylation sites (tertiary alicyclic amines) is 1. The number of hydrogen-bond donors (Lipinski definition) is 1. The number of rotatable bonds is 3. The lowest BCUT2D eigenvalue weighted by Gasteiger charge is -2.37. The van der Waals surface area contributed by atoms with E-state index in [2.05, 4.69) is 22.2 Å². The smallest absolute Gasteiger partial charge is 0.318 e. The molecule has 0 aromatic carbocycles. The summed E-state index contributed by atoms with van der Waals surface area (Å²) in [7, 11) is 0. The second-order valence-electron chi connectivity index (χ2n) is 6.54. The van der Waals surface area contributed by atoms with E-state index < -0.39 is 0 Å². The number of amides is 2. The predicted molar refractivity (Wildman–Crippen MR) is 90.3 cm³/mol. The zero-order chi connectivity index (χ0) is 17.1. The molecule has 0 bridgehead atoms. The molecule has 6 heteroatoms. The van der Waals surface area contributed by atoms with Crippen LogP contribution >= 0.6 is 0 Å². The zero-order valence-corrected chi connectivity index (χ0v) is 14.5. The van der Waals surface area contributed by atoms with Gasteiger partial charge in [0.15, 0.2) is 0 Å². The van der Waals surface area contributed by atoms with Gasteiger partial charge in [-0.25, -0.2) is 14.8 Å². The molecule has 0 unspecified atom stereocenters. The first-order chi connectivity index (χ1) is 11.5. The van der Waals surface area contributed by atoms with Crippen molar-refractivity contribution in [2.75, 3.05) is 6.54 Å². The van der Waals surface area contributed by atoms with E-state index in [9.17, 15) is 4.79 Å². The highest BCUT2D eigenvalue weighted by atomic mass is 16.3. The molecule has 2 aromatic rings. The van der Waals surface area contributed by atoms with Gasteiger partial charge < -0.3 is 14.6 Å². The van der Waals surface area contributed by atoms with Crippen molar-refractivity contribution < 1.29 is 9.21 Å². The number of furan rings is 1. The van der Waals surface area contributed by atoms with Crippen LogP contribution in [0.3, 0.4) is 0 Å². The molecule has 24 heavy (non-hydrogen) atoms. The Labute approximate surface area is 142 Å². The summed E-state index contributed by atoms with van der Waals surface area (Å²) in [5.41, 5.74) is 0.812. The normalized spacial score (nSPS) is 20.9. The van der Waals surface area contributed by atoms with Gasteiger partial charge in [-0.1, -0.05) is 6.92 Å². The molecule has 3 rings (SSSR count). The third-order valence-corrected chi connectivity index (χ3v) is 4.47. The van der Waals surface area contributed by atoms with Gasteiger partial charge in [-0.3, -0.25) is 0 Å². The number of nitrogens with zero attached hydrogens (tertiary/aromatic N) is 3. The molecular formula is C18H24N4O2. The molecule has 2 aromatic heterocycles. The van der Waals surface area contributed by atoms with Crippen LogP contribution in [0, 0.1) is 19.8 Å². The Kier molecular flexibility index (Phi) is 4.83. The van der Waals surface area contributed by atoms with E-state index in [1.807, 2.05) is 36.9 Å². The van der Waals surface area contributed by atoms with E-state index in [1.54, 1.807) is 6.20 Å². The average molecular weight is 328 g/mol. The van der Waals surface area contributed by atoms with Gasteiger partial charge in [0.1, 0.15) is 17.3 Å². The van der Waals surface area contributed by atoms with E-state index in [0.29, 0.717) is 18.3 Å². The van der Waals surface area contributed by atoms with Crippen LogP contribution in [0.25, 0.3) is 0 Å². The van der Waals surface area contributed by atoms with Gasteiger partial charge in [-0.05, 0) is 50.8 Å². The van der Waals surface area contributed by atoms with Crippen molar-refractivity contribution >= 4 is 6.03 Å². The molecule has 6 nitrogen and oxygen atoms in total. The lowest BCUT2D eigenvalue weighted by atomic mass is 9.91. The fraction of sp³-hybridized carbons (Fsp3) is 0.500. The lowest BCUT2D eigenvalue weighted by molar-refractivity contribution is 0.119. The number of hydrogen-bond acceptors (Lipinski definition) is 4. The molecule has 0 aliphatic carbocycles. The average Bonchev–Trinajstić information content (AvgIpc) is 2.99. The Balaban J connectivity index is 1.69. The van der Waals surface area contributed by atoms with Crippen molar-refractivity contribution in [3.63, 3.8) is 0 Å². The first-order valence-corrected chi connectivity index (χ1v) is 8.42. The zero-order valence-electron chi connectivity index (χ0n) is 14.5. The van der Waals surface area contributed by atoms with Crippen molar-refractivity contribution in [3.8, 4) is 0 Å². The molecule has 0 spiro atoms. The maximum atomic E-state index is 12.7. The van der Waals surface area contributed by atoms with Crippen LogP contribution in [0.15, 0.2) is 28.8 Å². The summed E-state index contributed by atoms with van der Waals surface area (Å²) in [5, 5.41) is 2.97. The third-order valence-electron chi connectivity index (χ3n) is 4.47. The summed E-state index contributed by atoms with van der Waals surface area (Å²) in [4.78, 5) is 23.0. The van der Waals surface area contributed by atoms with Gasteiger partial charge >= 0.3 is 6.03 Å². The minimum Gasteiger partial charge on any atom is -0.464 e. The number of aromatic nitrogens is 2. The summed E-state index contributed by atoms with van der Waals surface area (Å²) >= 11 is 0. The fourth-order valence-electron chi connectivity index (χ4n) is 3.16. The van der Waals surface area contributed by atoms with E-state index in [1.165, 1.54) is 0 Å². The van der Waals surface area contributed by atoms with Crippen LogP contribution in [0.5, 0.6) is 0 Å². The van der Waals surface area contributed by atoms with E-state index >= 15 is 0 Å². The van der Waals surface area contributed by atoms with E-state index in [0.717, 1.165) is 36.6 Å². The van der Waals surface area contributed by atoms with E-state index in [4.69, 9.17) is 4.42 Å². The fourth-order valence-corrected chi connectivity index (χ4v) is 3.16. The number of urea groups is 1. The second-order valence-corrected chi connectivity index (χ2v) is 6.54. The Morgan fingerprint density at radius 1 is 1.38 bits per heavy atom. The second kappa shape index (κ2) is 7.03. The summed E-state index contributed by atoms with van der Waals surface area (Å²) in [6.45, 7) is 7.13. The van der Waals surface area contributed by atoms with Crippen molar-refractivity contribution in [2.24, 2.45) is 5.92 Å². The minimum atomic E-state index is -0.0720. The Hall–Kier alpha value is -2.37. The lowest BCUT2D eigenvalue weighted by Crippen LogP contribution is -2.45. The molecule has 0 saturated carbocycles. The van der Waals surface area contributed by atoms with Gasteiger partial charge in [0, 0.05) is 12.7 Å². The highest BCUT2D eigenvalue weighted by Crippen LogP contribution is 2.34. The third kappa shape index (κ3) is 3.75. The van der Waals surface area contributed by atoms with Gasteiger partial charge in [0.25, 0.3) is 0 Å². The Bertz CT molecular complexity index is 713. The SMILES string of the molecule is Cc1nccc(CNC(=O)N2CC[C@@H](C)C[C@H]2c2ccc(C)o2)n1. The first kappa shape index (κ1) is 16.5. The monoisotopic (exact) mass is 328 g/mol. The molecule has 128 valence electrons. The summed E-state index contributed by atoms with van der Waals surface area (Å²) in [5.74, 6) is 3.03. The van der Waals surface area contributed by atoms with Crippen LogP contribution < -0.4 is 5.32 Å². The molecule has 2 atom stereocenters. The van der Waals surface area contributed by atoms with Gasteiger partial charge in [0.05, 0.1) is 18.3 Å². The van der Waals surface area contributed by atoms with E-state index in [-0.39, 0.29) is 12.1 Å². The van der Waals surface area contributed by atoms with Crippen molar-refractivity contribution in [1.82, 2.24) is 20.2 Å². The summed E-state index contributed by atoms with van der Waals surface area (Å²) < 4.78 is 5.79. The number of carbonyl (C=O) groups is 1. The van der Waals surface area contributed by atoms with Crippen LogP contribution in [0.4, 0.5) is 4.79 Å². The quantitative estimate of drug-likeness (QED) is 0.937. The van der Waals surface area contributed by atoms with Crippen LogP contribution in [0.1, 0.15) is 48.8 Å². The van der Waals surface area contributed by atoms with Gasteiger partial charge in [-0.2, -0.15) is 0 Å². The largest absolute Gasteiger partial charge is 0.464 e. The molecule has 2 amide bonds. The molecule has 1 aliphatic heterocycles. The summed E-state index contributed by atoms with van der Waals surface area (Å²) in [6, 6.07) is 5.67. The molecule has 1 fully saturated rings. The predicted octanol–water partition coefficient (Wildman–Crippen LogP) is 3.37. The van der Waals surface area contributed by atoms with Crippen LogP contribution in [-0.2, 0) is 6.54 Å². The van der Waals surface area contributed by atoms with Crippen LogP contribution in [0.2, 0.25) is 0 Å². The topological polar surface area (TPSA) is 71.3 Å². The maximum Gasteiger partial charge on any atom is 0.318 e. The van der Waals surface area contributed by atoms with Gasteiger partial charge in [-0.15, -0.1) is 0 Å². The number of carbonyl (C=O) groups excluding carboxylic acids is 1. The van der Waals surface area contributed by atoms with Crippen molar-refractivity contribution in [1.29, 1.82) is 0 Å². The molecule has 3 heterocycles. The molecule has 1 aliphatic rings. The molecule has 0 radical (unpaired) electrons. The van der Waals surface area contributed by atoms with Crippen molar-refractivity contribution in [3.05, 3.63) is 47.4 Å².